The summed E-state index contributed by atoms with van der Waals surface area (Å²) in [6.07, 6.45) is 1.24. The standard InChI is InChI=1S/C11H18N2O3S/c1-11(2)5-8(11)6-13-7-9-3-4-10(16-9)17(12,14)15/h3-4,8,13H,5-7H2,1-2H3,(H2,12,14,15). The maximum atomic E-state index is 11.0. The van der Waals surface area contributed by atoms with Crippen molar-refractivity contribution < 1.29 is 12.8 Å². The summed E-state index contributed by atoms with van der Waals surface area (Å²) in [5, 5.41) is 8.03. The van der Waals surface area contributed by atoms with Gasteiger partial charge >= 0.3 is 0 Å². The zero-order chi connectivity index (χ0) is 12.7. The summed E-state index contributed by atoms with van der Waals surface area (Å²) in [6, 6.07) is 3.01. The van der Waals surface area contributed by atoms with Crippen molar-refractivity contribution in [2.45, 2.75) is 31.9 Å². The highest BCUT2D eigenvalue weighted by Gasteiger charge is 2.44. The lowest BCUT2D eigenvalue weighted by Crippen LogP contribution is -2.17. The zero-order valence-electron chi connectivity index (χ0n) is 10.1. The number of sulfonamides is 1. The van der Waals surface area contributed by atoms with Crippen LogP contribution in [0.15, 0.2) is 21.6 Å². The normalized spacial score (nSPS) is 22.6. The van der Waals surface area contributed by atoms with Crippen LogP contribution in [0.3, 0.4) is 0 Å². The van der Waals surface area contributed by atoms with E-state index in [1.807, 2.05) is 0 Å². The van der Waals surface area contributed by atoms with Crippen molar-refractivity contribution in [3.63, 3.8) is 0 Å². The molecule has 1 aliphatic rings. The lowest BCUT2D eigenvalue weighted by atomic mass is 10.1. The fourth-order valence-corrected chi connectivity index (χ4v) is 2.38. The first-order valence-electron chi connectivity index (χ1n) is 5.61. The average molecular weight is 258 g/mol. The quantitative estimate of drug-likeness (QED) is 0.827. The fraction of sp³-hybridized carbons (Fsp3) is 0.636. The highest BCUT2D eigenvalue weighted by Crippen LogP contribution is 2.50. The Morgan fingerprint density at radius 3 is 2.65 bits per heavy atom. The Hall–Kier alpha value is -0.850. The predicted molar refractivity (Wildman–Crippen MR) is 63.7 cm³/mol. The number of furan rings is 1. The van der Waals surface area contributed by atoms with Crippen LogP contribution in [-0.2, 0) is 16.6 Å². The third-order valence-electron chi connectivity index (χ3n) is 3.32. The second kappa shape index (κ2) is 4.12. The minimum Gasteiger partial charge on any atom is -0.447 e. The van der Waals surface area contributed by atoms with Gasteiger partial charge in [-0.05, 0) is 36.4 Å². The Labute approximate surface area is 101 Å². The largest absolute Gasteiger partial charge is 0.447 e. The lowest BCUT2D eigenvalue weighted by Gasteiger charge is -2.04. The monoisotopic (exact) mass is 258 g/mol. The first-order valence-corrected chi connectivity index (χ1v) is 7.16. The second-order valence-corrected chi connectivity index (χ2v) is 6.78. The molecule has 96 valence electrons. The number of nitrogens with two attached hydrogens (primary N) is 1. The molecule has 1 atom stereocenters. The van der Waals surface area contributed by atoms with Gasteiger partial charge < -0.3 is 9.73 Å². The number of nitrogens with one attached hydrogen (secondary N) is 1. The van der Waals surface area contributed by atoms with Gasteiger partial charge in [0.15, 0.2) is 0 Å². The lowest BCUT2D eigenvalue weighted by molar-refractivity contribution is 0.397. The summed E-state index contributed by atoms with van der Waals surface area (Å²) in [7, 11) is -3.72. The molecule has 0 amide bonds. The summed E-state index contributed by atoms with van der Waals surface area (Å²) in [6.45, 7) is 5.94. The summed E-state index contributed by atoms with van der Waals surface area (Å²) >= 11 is 0. The van der Waals surface area contributed by atoms with Crippen LogP contribution in [0.5, 0.6) is 0 Å². The molecule has 17 heavy (non-hydrogen) atoms. The SMILES string of the molecule is CC1(C)CC1CNCc1ccc(S(N)(=O)=O)o1. The van der Waals surface area contributed by atoms with Gasteiger partial charge in [-0.1, -0.05) is 13.8 Å². The van der Waals surface area contributed by atoms with Gasteiger partial charge in [-0.2, -0.15) is 0 Å². The summed E-state index contributed by atoms with van der Waals surface area (Å²) in [5.74, 6) is 1.29. The molecule has 1 fully saturated rings. The molecule has 1 aromatic rings. The molecule has 0 spiro atoms. The molecule has 1 unspecified atom stereocenters. The molecular formula is C11H18N2O3S. The van der Waals surface area contributed by atoms with Crippen LogP contribution in [0.1, 0.15) is 26.0 Å². The molecule has 6 heteroatoms. The van der Waals surface area contributed by atoms with Crippen LogP contribution in [-0.4, -0.2) is 15.0 Å². The Balaban J connectivity index is 1.82. The van der Waals surface area contributed by atoms with Gasteiger partial charge in [0, 0.05) is 0 Å². The molecule has 1 aromatic heterocycles. The molecule has 5 nitrogen and oxygen atoms in total. The highest BCUT2D eigenvalue weighted by atomic mass is 32.2. The highest BCUT2D eigenvalue weighted by molar-refractivity contribution is 7.89. The maximum absolute atomic E-state index is 11.0. The first-order chi connectivity index (χ1) is 7.79. The molecule has 0 aliphatic heterocycles. The van der Waals surface area contributed by atoms with Gasteiger partial charge in [0.1, 0.15) is 5.76 Å². The number of rotatable bonds is 5. The number of primary sulfonamides is 1. The van der Waals surface area contributed by atoms with Gasteiger partial charge in [-0.15, -0.1) is 0 Å². The van der Waals surface area contributed by atoms with Crippen LogP contribution >= 0.6 is 0 Å². The molecular weight excluding hydrogens is 240 g/mol. The van der Waals surface area contributed by atoms with E-state index < -0.39 is 10.0 Å². The predicted octanol–water partition coefficient (Wildman–Crippen LogP) is 1.06. The minimum absolute atomic E-state index is 0.180. The molecule has 1 saturated carbocycles. The molecule has 0 bridgehead atoms. The maximum Gasteiger partial charge on any atom is 0.271 e. The van der Waals surface area contributed by atoms with E-state index in [4.69, 9.17) is 9.56 Å². The third-order valence-corrected chi connectivity index (χ3v) is 4.11. The van der Waals surface area contributed by atoms with Crippen molar-refractivity contribution in [3.05, 3.63) is 17.9 Å². The molecule has 0 radical (unpaired) electrons. The first kappa shape index (κ1) is 12.6. The molecule has 1 aliphatic carbocycles. The summed E-state index contributed by atoms with van der Waals surface area (Å²) in [5.41, 5.74) is 0.446. The molecule has 0 saturated heterocycles. The van der Waals surface area contributed by atoms with Crippen LogP contribution in [0, 0.1) is 11.3 Å². The van der Waals surface area contributed by atoms with Crippen molar-refractivity contribution in [2.75, 3.05) is 6.54 Å². The second-order valence-electron chi connectivity index (χ2n) is 5.29. The van der Waals surface area contributed by atoms with Crippen LogP contribution in [0.4, 0.5) is 0 Å². The Kier molecular flexibility index (Phi) is 3.05. The molecule has 1 heterocycles. The average Bonchev–Trinajstić information content (AvgIpc) is 2.64. The Bertz CT molecular complexity index is 505. The van der Waals surface area contributed by atoms with Gasteiger partial charge in [-0.25, -0.2) is 13.6 Å². The van der Waals surface area contributed by atoms with E-state index in [2.05, 4.69) is 19.2 Å². The molecule has 2 rings (SSSR count). The molecule has 3 N–H and O–H groups in total. The van der Waals surface area contributed by atoms with Crippen molar-refractivity contribution in [2.24, 2.45) is 16.5 Å². The van der Waals surface area contributed by atoms with Gasteiger partial charge in [0.05, 0.1) is 6.54 Å². The Morgan fingerprint density at radius 1 is 1.53 bits per heavy atom. The number of hydrogen-bond acceptors (Lipinski definition) is 4. The van der Waals surface area contributed by atoms with E-state index in [1.54, 1.807) is 6.07 Å². The minimum atomic E-state index is -3.72. The van der Waals surface area contributed by atoms with Gasteiger partial charge in [0.25, 0.3) is 10.0 Å². The van der Waals surface area contributed by atoms with E-state index in [0.29, 0.717) is 23.6 Å². The van der Waals surface area contributed by atoms with E-state index in [1.165, 1.54) is 12.5 Å². The summed E-state index contributed by atoms with van der Waals surface area (Å²) in [4.78, 5) is 0. The zero-order valence-corrected chi connectivity index (χ0v) is 10.9. The number of hydrogen-bond donors (Lipinski definition) is 2. The van der Waals surface area contributed by atoms with Crippen molar-refractivity contribution in [3.8, 4) is 0 Å². The van der Waals surface area contributed by atoms with Gasteiger partial charge in [0.2, 0.25) is 5.09 Å². The van der Waals surface area contributed by atoms with Crippen LogP contribution in [0.25, 0.3) is 0 Å². The van der Waals surface area contributed by atoms with E-state index in [9.17, 15) is 8.42 Å². The molecule has 0 aromatic carbocycles. The van der Waals surface area contributed by atoms with E-state index in [0.717, 1.165) is 6.54 Å². The van der Waals surface area contributed by atoms with Crippen molar-refractivity contribution in [1.82, 2.24) is 5.32 Å². The fourth-order valence-electron chi connectivity index (χ4n) is 1.90. The van der Waals surface area contributed by atoms with Gasteiger partial charge in [-0.3, -0.25) is 0 Å². The topological polar surface area (TPSA) is 85.3 Å². The van der Waals surface area contributed by atoms with Crippen molar-refractivity contribution in [1.29, 1.82) is 0 Å². The van der Waals surface area contributed by atoms with Crippen LogP contribution < -0.4 is 10.5 Å². The van der Waals surface area contributed by atoms with Crippen LogP contribution in [0.2, 0.25) is 0 Å². The third kappa shape index (κ3) is 3.08. The Morgan fingerprint density at radius 2 is 2.18 bits per heavy atom. The van der Waals surface area contributed by atoms with E-state index in [-0.39, 0.29) is 5.09 Å². The van der Waals surface area contributed by atoms with Crippen molar-refractivity contribution >= 4 is 10.0 Å². The smallest absolute Gasteiger partial charge is 0.271 e. The summed E-state index contributed by atoms with van der Waals surface area (Å²) < 4.78 is 27.1. The van der Waals surface area contributed by atoms with E-state index >= 15 is 0 Å².